The van der Waals surface area contributed by atoms with Crippen molar-refractivity contribution < 1.29 is 4.74 Å². The Morgan fingerprint density at radius 3 is 2.65 bits per heavy atom. The Bertz CT molecular complexity index is 433. The highest BCUT2D eigenvalue weighted by Crippen LogP contribution is 2.31. The van der Waals surface area contributed by atoms with Gasteiger partial charge in [-0.1, -0.05) is 42.6 Å². The van der Waals surface area contributed by atoms with Crippen molar-refractivity contribution in [3.63, 3.8) is 0 Å². The van der Waals surface area contributed by atoms with E-state index in [1.807, 2.05) is 6.07 Å². The minimum atomic E-state index is 0.595. The van der Waals surface area contributed by atoms with Crippen molar-refractivity contribution >= 4 is 21.6 Å². The molecule has 0 amide bonds. The molecule has 3 heteroatoms. The lowest BCUT2D eigenvalue weighted by atomic mass is 9.89. The quantitative estimate of drug-likeness (QED) is 0.734. The Kier molecular flexibility index (Phi) is 5.76. The van der Waals surface area contributed by atoms with E-state index in [1.165, 1.54) is 32.1 Å². The minimum absolute atomic E-state index is 0.595. The van der Waals surface area contributed by atoms with Crippen molar-refractivity contribution in [3.05, 3.63) is 22.7 Å². The van der Waals surface area contributed by atoms with Crippen molar-refractivity contribution in [1.29, 1.82) is 0 Å². The third-order valence-corrected chi connectivity index (χ3v) is 4.89. The van der Waals surface area contributed by atoms with E-state index in [2.05, 4.69) is 47.2 Å². The van der Waals surface area contributed by atoms with Crippen LogP contribution in [0.4, 0.5) is 5.69 Å². The average Bonchev–Trinajstić information content (AvgIpc) is 2.63. The fourth-order valence-corrected chi connectivity index (χ4v) is 3.61. The summed E-state index contributed by atoms with van der Waals surface area (Å²) in [4.78, 5) is 0. The van der Waals surface area contributed by atoms with Crippen molar-refractivity contribution in [2.75, 3.05) is 12.4 Å². The number of methoxy groups -OCH3 is 1. The Morgan fingerprint density at radius 1 is 1.15 bits per heavy atom. The number of hydrogen-bond acceptors (Lipinski definition) is 2. The summed E-state index contributed by atoms with van der Waals surface area (Å²) in [7, 11) is 1.71. The molecule has 112 valence electrons. The van der Waals surface area contributed by atoms with E-state index in [4.69, 9.17) is 4.74 Å². The fraction of sp³-hybridized carbons (Fsp3) is 0.647. The smallest absolute Gasteiger partial charge is 0.122 e. The summed E-state index contributed by atoms with van der Waals surface area (Å²) in [5.74, 6) is 2.62. The van der Waals surface area contributed by atoms with Gasteiger partial charge in [-0.15, -0.1) is 0 Å². The van der Waals surface area contributed by atoms with Crippen LogP contribution in [0.3, 0.4) is 0 Å². The molecule has 1 aromatic rings. The van der Waals surface area contributed by atoms with Crippen LogP contribution in [-0.4, -0.2) is 13.2 Å². The molecule has 2 rings (SSSR count). The largest absolute Gasteiger partial charge is 0.497 e. The molecule has 0 aliphatic heterocycles. The lowest BCUT2D eigenvalue weighted by molar-refractivity contribution is 0.341. The summed E-state index contributed by atoms with van der Waals surface area (Å²) in [6.07, 6.45) is 6.62. The molecule has 0 saturated heterocycles. The van der Waals surface area contributed by atoms with Gasteiger partial charge in [0.15, 0.2) is 0 Å². The Labute approximate surface area is 131 Å². The standard InChI is InChI=1S/C17H26BrNO/c1-12(2)13-5-4-6-15(8-7-13)19-16-9-14(18)10-17(11-16)20-3/h9-13,15,19H,4-8H2,1-3H3. The average molecular weight is 340 g/mol. The summed E-state index contributed by atoms with van der Waals surface area (Å²) in [5, 5.41) is 3.69. The molecule has 2 atom stereocenters. The maximum Gasteiger partial charge on any atom is 0.122 e. The monoisotopic (exact) mass is 339 g/mol. The third-order valence-electron chi connectivity index (χ3n) is 4.43. The van der Waals surface area contributed by atoms with E-state index < -0.39 is 0 Å². The molecule has 2 nitrogen and oxygen atoms in total. The predicted octanol–water partition coefficient (Wildman–Crippen LogP) is 5.47. The summed E-state index contributed by atoms with van der Waals surface area (Å²) in [6, 6.07) is 6.80. The van der Waals surface area contributed by atoms with Gasteiger partial charge in [0.05, 0.1) is 7.11 Å². The molecule has 1 aliphatic carbocycles. The van der Waals surface area contributed by atoms with Crippen LogP contribution in [0.25, 0.3) is 0 Å². The molecular weight excluding hydrogens is 314 g/mol. The first kappa shape index (κ1) is 15.7. The van der Waals surface area contributed by atoms with E-state index in [9.17, 15) is 0 Å². The molecule has 1 aliphatic rings. The first-order chi connectivity index (χ1) is 9.58. The van der Waals surface area contributed by atoms with Crippen LogP contribution >= 0.6 is 15.9 Å². The normalized spacial score (nSPS) is 23.4. The van der Waals surface area contributed by atoms with Crippen molar-refractivity contribution in [2.45, 2.75) is 52.0 Å². The van der Waals surface area contributed by atoms with Gasteiger partial charge in [0.25, 0.3) is 0 Å². The molecular formula is C17H26BrNO. The van der Waals surface area contributed by atoms with Gasteiger partial charge in [0.2, 0.25) is 0 Å². The van der Waals surface area contributed by atoms with Gasteiger partial charge in [-0.25, -0.2) is 0 Å². The van der Waals surface area contributed by atoms with E-state index >= 15 is 0 Å². The first-order valence-corrected chi connectivity index (χ1v) is 8.49. The zero-order valence-electron chi connectivity index (χ0n) is 12.8. The molecule has 0 bridgehead atoms. The van der Waals surface area contributed by atoms with E-state index in [1.54, 1.807) is 7.11 Å². The SMILES string of the molecule is COc1cc(Br)cc(NC2CCCC(C(C)C)CC2)c1. The Hall–Kier alpha value is -0.700. The van der Waals surface area contributed by atoms with Crippen LogP contribution in [0.1, 0.15) is 46.0 Å². The van der Waals surface area contributed by atoms with Crippen LogP contribution in [0.15, 0.2) is 22.7 Å². The van der Waals surface area contributed by atoms with Crippen molar-refractivity contribution in [2.24, 2.45) is 11.8 Å². The van der Waals surface area contributed by atoms with Gasteiger partial charge < -0.3 is 10.1 Å². The zero-order chi connectivity index (χ0) is 14.5. The molecule has 0 aromatic heterocycles. The minimum Gasteiger partial charge on any atom is -0.497 e. The third kappa shape index (κ3) is 4.41. The number of ether oxygens (including phenoxy) is 1. The van der Waals surface area contributed by atoms with Crippen molar-refractivity contribution in [3.8, 4) is 5.75 Å². The van der Waals surface area contributed by atoms with E-state index in [0.29, 0.717) is 6.04 Å². The predicted molar refractivity (Wildman–Crippen MR) is 89.5 cm³/mol. The second-order valence-corrected chi connectivity index (χ2v) is 7.15. The van der Waals surface area contributed by atoms with Gasteiger partial charge in [-0.05, 0) is 43.2 Å². The Morgan fingerprint density at radius 2 is 1.95 bits per heavy atom. The lowest BCUT2D eigenvalue weighted by Crippen LogP contribution is -2.18. The number of hydrogen-bond donors (Lipinski definition) is 1. The second-order valence-electron chi connectivity index (χ2n) is 6.23. The molecule has 1 N–H and O–H groups in total. The zero-order valence-corrected chi connectivity index (χ0v) is 14.4. The molecule has 0 heterocycles. The Balaban J connectivity index is 1.98. The highest BCUT2D eigenvalue weighted by Gasteiger charge is 2.21. The first-order valence-electron chi connectivity index (χ1n) is 7.69. The topological polar surface area (TPSA) is 21.3 Å². The summed E-state index contributed by atoms with van der Waals surface area (Å²) >= 11 is 3.54. The number of halogens is 1. The van der Waals surface area contributed by atoms with Gasteiger partial charge in [-0.3, -0.25) is 0 Å². The molecule has 20 heavy (non-hydrogen) atoms. The molecule has 1 aromatic carbocycles. The van der Waals surface area contributed by atoms with Gasteiger partial charge in [0, 0.05) is 22.3 Å². The number of rotatable bonds is 4. The number of nitrogens with one attached hydrogen (secondary N) is 1. The van der Waals surface area contributed by atoms with Crippen LogP contribution in [0.5, 0.6) is 5.75 Å². The molecule has 1 fully saturated rings. The highest BCUT2D eigenvalue weighted by molar-refractivity contribution is 9.10. The van der Waals surface area contributed by atoms with Gasteiger partial charge >= 0.3 is 0 Å². The summed E-state index contributed by atoms with van der Waals surface area (Å²) in [5.41, 5.74) is 1.16. The fourth-order valence-electron chi connectivity index (χ4n) is 3.14. The van der Waals surface area contributed by atoms with Gasteiger partial charge in [0.1, 0.15) is 5.75 Å². The van der Waals surface area contributed by atoms with Crippen LogP contribution < -0.4 is 10.1 Å². The van der Waals surface area contributed by atoms with Gasteiger partial charge in [-0.2, -0.15) is 0 Å². The van der Waals surface area contributed by atoms with Crippen LogP contribution in [-0.2, 0) is 0 Å². The van der Waals surface area contributed by atoms with Crippen LogP contribution in [0, 0.1) is 11.8 Å². The number of benzene rings is 1. The molecule has 2 unspecified atom stereocenters. The molecule has 0 spiro atoms. The van der Waals surface area contributed by atoms with Crippen molar-refractivity contribution in [1.82, 2.24) is 0 Å². The molecule has 0 radical (unpaired) electrons. The lowest BCUT2D eigenvalue weighted by Gasteiger charge is -2.20. The van der Waals surface area contributed by atoms with E-state index in [0.717, 1.165) is 27.7 Å². The highest BCUT2D eigenvalue weighted by atomic mass is 79.9. The number of anilines is 1. The summed E-state index contributed by atoms with van der Waals surface area (Å²) < 4.78 is 6.39. The van der Waals surface area contributed by atoms with Crippen LogP contribution in [0.2, 0.25) is 0 Å². The molecule has 1 saturated carbocycles. The maximum atomic E-state index is 5.33. The maximum absolute atomic E-state index is 5.33. The second kappa shape index (κ2) is 7.35. The van der Waals surface area contributed by atoms with E-state index in [-0.39, 0.29) is 0 Å². The summed E-state index contributed by atoms with van der Waals surface area (Å²) in [6.45, 7) is 4.72.